The number of hydrogen-bond donors (Lipinski definition) is 1. The van der Waals surface area contributed by atoms with Gasteiger partial charge in [-0.15, -0.1) is 11.3 Å². The minimum Gasteiger partial charge on any atom is -0.376 e. The summed E-state index contributed by atoms with van der Waals surface area (Å²) in [6.45, 7) is 4.18. The summed E-state index contributed by atoms with van der Waals surface area (Å²) >= 11 is 8.62. The van der Waals surface area contributed by atoms with Crippen LogP contribution in [0.25, 0.3) is 0 Å². The molecule has 1 N–H and O–H groups in total. The first-order valence-corrected chi connectivity index (χ1v) is 7.65. The molecule has 0 aliphatic carbocycles. The molecule has 0 fully saturated rings. The van der Waals surface area contributed by atoms with E-state index in [-0.39, 0.29) is 6.04 Å². The van der Waals surface area contributed by atoms with Crippen molar-refractivity contribution >= 4 is 48.9 Å². The maximum Gasteiger partial charge on any atom is 0.109 e. The second-order valence-corrected chi connectivity index (χ2v) is 6.47. The van der Waals surface area contributed by atoms with Gasteiger partial charge in [0.05, 0.1) is 17.9 Å². The van der Waals surface area contributed by atoms with Gasteiger partial charge in [-0.25, -0.2) is 4.98 Å². The van der Waals surface area contributed by atoms with Crippen LogP contribution in [-0.2, 0) is 0 Å². The van der Waals surface area contributed by atoms with Crippen LogP contribution in [0.4, 0.5) is 5.69 Å². The summed E-state index contributed by atoms with van der Waals surface area (Å²) in [5.74, 6) is 0. The average Bonchev–Trinajstić information content (AvgIpc) is 2.70. The lowest BCUT2D eigenvalue weighted by Crippen LogP contribution is -2.05. The number of thiophene rings is 1. The third-order valence-electron chi connectivity index (χ3n) is 2.41. The molecule has 17 heavy (non-hydrogen) atoms. The minimum atomic E-state index is 0.286. The number of nitrogens with one attached hydrogen (secondary N) is 1. The molecular weight excluding hydrogens is 364 g/mol. The van der Waals surface area contributed by atoms with E-state index in [4.69, 9.17) is 0 Å². The zero-order valence-electron chi connectivity index (χ0n) is 9.50. The van der Waals surface area contributed by atoms with E-state index in [1.807, 2.05) is 13.1 Å². The summed E-state index contributed by atoms with van der Waals surface area (Å²) in [5.41, 5.74) is 2.18. The quantitative estimate of drug-likeness (QED) is 0.750. The Morgan fingerprint density at radius 3 is 2.71 bits per heavy atom. The maximum absolute atomic E-state index is 4.28. The van der Waals surface area contributed by atoms with Crippen LogP contribution in [0.5, 0.6) is 0 Å². The number of halogens is 2. The molecule has 0 bridgehead atoms. The van der Waals surface area contributed by atoms with Crippen LogP contribution in [0.1, 0.15) is 23.4 Å². The van der Waals surface area contributed by atoms with Gasteiger partial charge in [0.25, 0.3) is 0 Å². The molecule has 0 aromatic carbocycles. The van der Waals surface area contributed by atoms with E-state index < -0.39 is 0 Å². The SMILES string of the molecule is Cc1cc(NC(C)c2cc(Br)cs2)cnc1Br. The fourth-order valence-corrected chi connectivity index (χ4v) is 3.18. The molecule has 1 unspecified atom stereocenters. The molecule has 0 aliphatic heterocycles. The fourth-order valence-electron chi connectivity index (χ4n) is 1.51. The van der Waals surface area contributed by atoms with E-state index in [2.05, 4.69) is 66.6 Å². The van der Waals surface area contributed by atoms with Crippen molar-refractivity contribution in [3.05, 3.63) is 43.2 Å². The van der Waals surface area contributed by atoms with Crippen LogP contribution < -0.4 is 5.32 Å². The fraction of sp³-hybridized carbons (Fsp3) is 0.250. The molecule has 5 heteroatoms. The first-order valence-electron chi connectivity index (χ1n) is 5.19. The zero-order chi connectivity index (χ0) is 12.4. The number of aromatic nitrogens is 1. The van der Waals surface area contributed by atoms with Gasteiger partial charge >= 0.3 is 0 Å². The smallest absolute Gasteiger partial charge is 0.109 e. The lowest BCUT2D eigenvalue weighted by molar-refractivity contribution is 0.904. The first kappa shape index (κ1) is 13.1. The number of aryl methyl sites for hydroxylation is 1. The number of nitrogens with zero attached hydrogens (tertiary/aromatic N) is 1. The van der Waals surface area contributed by atoms with Gasteiger partial charge in [0.2, 0.25) is 0 Å². The molecule has 0 spiro atoms. The van der Waals surface area contributed by atoms with Gasteiger partial charge in [-0.2, -0.15) is 0 Å². The van der Waals surface area contributed by atoms with Gasteiger partial charge in [0, 0.05) is 14.7 Å². The van der Waals surface area contributed by atoms with Crippen LogP contribution in [0.3, 0.4) is 0 Å². The Kier molecular flexibility index (Phi) is 4.22. The molecule has 2 aromatic rings. The number of hydrogen-bond acceptors (Lipinski definition) is 3. The van der Waals surface area contributed by atoms with Crippen molar-refractivity contribution in [3.8, 4) is 0 Å². The van der Waals surface area contributed by atoms with E-state index in [0.29, 0.717) is 0 Å². The average molecular weight is 376 g/mol. The van der Waals surface area contributed by atoms with Crippen molar-refractivity contribution in [2.75, 3.05) is 5.32 Å². The topological polar surface area (TPSA) is 24.9 Å². The lowest BCUT2D eigenvalue weighted by atomic mass is 10.2. The van der Waals surface area contributed by atoms with E-state index in [9.17, 15) is 0 Å². The monoisotopic (exact) mass is 374 g/mol. The first-order chi connectivity index (χ1) is 8.06. The highest BCUT2D eigenvalue weighted by atomic mass is 79.9. The molecule has 0 saturated heterocycles. The van der Waals surface area contributed by atoms with E-state index in [0.717, 1.165) is 20.3 Å². The Bertz CT molecular complexity index is 525. The predicted octanol–water partition coefficient (Wildman–Crippen LogP) is 5.15. The molecule has 0 aliphatic rings. The van der Waals surface area contributed by atoms with Crippen LogP contribution >= 0.6 is 43.2 Å². The highest BCUT2D eigenvalue weighted by Gasteiger charge is 2.08. The third kappa shape index (κ3) is 3.30. The molecule has 0 saturated carbocycles. The van der Waals surface area contributed by atoms with Crippen LogP contribution in [0, 0.1) is 6.92 Å². The highest BCUT2D eigenvalue weighted by Crippen LogP contribution is 2.28. The molecule has 2 heterocycles. The highest BCUT2D eigenvalue weighted by molar-refractivity contribution is 9.10. The molecule has 2 aromatic heterocycles. The summed E-state index contributed by atoms with van der Waals surface area (Å²) in [7, 11) is 0. The second kappa shape index (κ2) is 5.50. The minimum absolute atomic E-state index is 0.286. The van der Waals surface area contributed by atoms with E-state index >= 15 is 0 Å². The summed E-state index contributed by atoms with van der Waals surface area (Å²) in [4.78, 5) is 5.58. The molecule has 0 amide bonds. The second-order valence-electron chi connectivity index (χ2n) is 3.87. The lowest BCUT2D eigenvalue weighted by Gasteiger charge is -2.14. The Hall–Kier alpha value is -0.390. The van der Waals surface area contributed by atoms with Crippen LogP contribution in [0.2, 0.25) is 0 Å². The number of anilines is 1. The molecule has 1 atom stereocenters. The summed E-state index contributed by atoms with van der Waals surface area (Å²) in [5, 5.41) is 5.54. The summed E-state index contributed by atoms with van der Waals surface area (Å²) in [6, 6.07) is 4.52. The van der Waals surface area contributed by atoms with Crippen LogP contribution in [-0.4, -0.2) is 4.98 Å². The van der Waals surface area contributed by atoms with Gasteiger partial charge < -0.3 is 5.32 Å². The summed E-state index contributed by atoms with van der Waals surface area (Å²) < 4.78 is 2.03. The van der Waals surface area contributed by atoms with Gasteiger partial charge in [0.15, 0.2) is 0 Å². The van der Waals surface area contributed by atoms with Crippen molar-refractivity contribution in [2.24, 2.45) is 0 Å². The maximum atomic E-state index is 4.28. The molecule has 90 valence electrons. The standard InChI is InChI=1S/C12H12Br2N2S/c1-7-3-10(5-15-12(7)14)16-8(2)11-4-9(13)6-17-11/h3-6,8,16H,1-2H3. The normalized spacial score (nSPS) is 12.5. The van der Waals surface area contributed by atoms with Gasteiger partial charge in [-0.1, -0.05) is 0 Å². The Morgan fingerprint density at radius 2 is 2.12 bits per heavy atom. The van der Waals surface area contributed by atoms with Crippen molar-refractivity contribution in [2.45, 2.75) is 19.9 Å². The third-order valence-corrected chi connectivity index (χ3v) is 5.12. The Labute approximate surface area is 122 Å². The summed E-state index contributed by atoms with van der Waals surface area (Å²) in [6.07, 6.45) is 1.84. The van der Waals surface area contributed by atoms with Gasteiger partial charge in [0.1, 0.15) is 4.60 Å². The zero-order valence-corrected chi connectivity index (χ0v) is 13.5. The van der Waals surface area contributed by atoms with Crippen LogP contribution in [0.15, 0.2) is 32.8 Å². The predicted molar refractivity (Wildman–Crippen MR) is 80.7 cm³/mol. The van der Waals surface area contributed by atoms with Crippen molar-refractivity contribution in [3.63, 3.8) is 0 Å². The Balaban J connectivity index is 2.12. The molecule has 2 nitrogen and oxygen atoms in total. The molecular formula is C12H12Br2N2S. The van der Waals surface area contributed by atoms with Gasteiger partial charge in [-0.05, 0) is 63.4 Å². The van der Waals surface area contributed by atoms with E-state index in [1.165, 1.54) is 4.88 Å². The number of rotatable bonds is 3. The molecule has 2 rings (SSSR count). The van der Waals surface area contributed by atoms with Gasteiger partial charge in [-0.3, -0.25) is 0 Å². The van der Waals surface area contributed by atoms with Crippen molar-refractivity contribution in [1.82, 2.24) is 4.98 Å². The van der Waals surface area contributed by atoms with Crippen molar-refractivity contribution in [1.29, 1.82) is 0 Å². The Morgan fingerprint density at radius 1 is 1.35 bits per heavy atom. The van der Waals surface area contributed by atoms with E-state index in [1.54, 1.807) is 11.3 Å². The van der Waals surface area contributed by atoms with Crippen molar-refractivity contribution < 1.29 is 0 Å². The largest absolute Gasteiger partial charge is 0.376 e. The number of pyridine rings is 1. The molecule has 0 radical (unpaired) electrons.